The standard InChI is InChI=1S/C20H17FN4O5/c1-24-11-14(20(26)22-13-4-5-15(21)16(10-13)25(27)28)19(23-24)12-3-6-17-18(9-12)30-8-2-7-29-17/h3-6,9-11H,2,7-8H2,1H3,(H,22,26). The number of benzene rings is 2. The van der Waals surface area contributed by atoms with Crippen LogP contribution in [0.5, 0.6) is 11.5 Å². The highest BCUT2D eigenvalue weighted by atomic mass is 19.1. The number of hydrogen-bond donors (Lipinski definition) is 1. The lowest BCUT2D eigenvalue weighted by Gasteiger charge is -2.09. The first kappa shape index (κ1) is 19.4. The van der Waals surface area contributed by atoms with Gasteiger partial charge in [0.25, 0.3) is 5.91 Å². The quantitative estimate of drug-likeness (QED) is 0.519. The topological polar surface area (TPSA) is 109 Å². The van der Waals surface area contributed by atoms with Gasteiger partial charge in [0.15, 0.2) is 11.5 Å². The zero-order chi connectivity index (χ0) is 21.3. The molecule has 9 nitrogen and oxygen atoms in total. The molecule has 154 valence electrons. The maximum atomic E-state index is 13.5. The minimum absolute atomic E-state index is 0.0987. The molecule has 3 aromatic rings. The lowest BCUT2D eigenvalue weighted by atomic mass is 10.1. The molecule has 0 fully saturated rings. The Hall–Kier alpha value is -3.95. The molecule has 30 heavy (non-hydrogen) atoms. The van der Waals surface area contributed by atoms with Gasteiger partial charge in [-0.15, -0.1) is 0 Å². The molecular formula is C20H17FN4O5. The van der Waals surface area contributed by atoms with Gasteiger partial charge >= 0.3 is 5.69 Å². The van der Waals surface area contributed by atoms with Crippen LogP contribution < -0.4 is 14.8 Å². The van der Waals surface area contributed by atoms with Crippen LogP contribution in [0.25, 0.3) is 11.3 Å². The molecule has 0 radical (unpaired) electrons. The molecule has 2 heterocycles. The number of nitrogens with zero attached hydrogens (tertiary/aromatic N) is 3. The smallest absolute Gasteiger partial charge is 0.306 e. The fourth-order valence-corrected chi connectivity index (χ4v) is 3.11. The summed E-state index contributed by atoms with van der Waals surface area (Å²) in [6.07, 6.45) is 2.30. The predicted molar refractivity (Wildman–Crippen MR) is 105 cm³/mol. The minimum atomic E-state index is -0.979. The number of carbonyl (C=O) groups is 1. The molecule has 1 amide bonds. The average molecular weight is 412 g/mol. The van der Waals surface area contributed by atoms with Crippen molar-refractivity contribution in [2.45, 2.75) is 6.42 Å². The number of amides is 1. The van der Waals surface area contributed by atoms with Crippen LogP contribution in [-0.4, -0.2) is 33.8 Å². The summed E-state index contributed by atoms with van der Waals surface area (Å²) in [5.41, 5.74) is 0.681. The third-order valence-electron chi connectivity index (χ3n) is 4.50. The first-order chi connectivity index (χ1) is 14.4. The molecule has 4 rings (SSSR count). The molecule has 0 spiro atoms. The maximum absolute atomic E-state index is 13.5. The van der Waals surface area contributed by atoms with Crippen molar-refractivity contribution < 1.29 is 23.6 Å². The molecule has 10 heteroatoms. The summed E-state index contributed by atoms with van der Waals surface area (Å²) in [6.45, 7) is 1.09. The number of anilines is 1. The lowest BCUT2D eigenvalue weighted by molar-refractivity contribution is -0.387. The van der Waals surface area contributed by atoms with E-state index in [-0.39, 0.29) is 11.3 Å². The number of fused-ring (bicyclic) bond motifs is 1. The SMILES string of the molecule is Cn1cc(C(=O)Nc2ccc(F)c([N+](=O)[O-])c2)c(-c2ccc3c(c2)OCCCO3)n1. The highest BCUT2D eigenvalue weighted by molar-refractivity contribution is 6.08. The third kappa shape index (κ3) is 3.79. The molecule has 2 aromatic carbocycles. The van der Waals surface area contributed by atoms with E-state index in [4.69, 9.17) is 9.47 Å². The number of carbonyl (C=O) groups excluding carboxylic acids is 1. The van der Waals surface area contributed by atoms with Crippen LogP contribution in [0.2, 0.25) is 0 Å². The van der Waals surface area contributed by atoms with Crippen molar-refractivity contribution in [2.75, 3.05) is 18.5 Å². The Balaban J connectivity index is 1.65. The van der Waals surface area contributed by atoms with Gasteiger partial charge in [0.05, 0.1) is 23.7 Å². The summed E-state index contributed by atoms with van der Waals surface area (Å²) in [5.74, 6) is -0.327. The Bertz CT molecular complexity index is 1140. The van der Waals surface area contributed by atoms with Gasteiger partial charge in [-0.1, -0.05) is 0 Å². The molecular weight excluding hydrogens is 395 g/mol. The van der Waals surface area contributed by atoms with Gasteiger partial charge in [-0.05, 0) is 30.3 Å². The number of aromatic nitrogens is 2. The molecule has 0 unspecified atom stereocenters. The second-order valence-electron chi connectivity index (χ2n) is 6.65. The minimum Gasteiger partial charge on any atom is -0.490 e. The predicted octanol–water partition coefficient (Wildman–Crippen LogP) is 3.55. The number of nitro groups is 1. The number of hydrogen-bond acceptors (Lipinski definition) is 6. The van der Waals surface area contributed by atoms with Crippen LogP contribution in [0.15, 0.2) is 42.6 Å². The van der Waals surface area contributed by atoms with Crippen LogP contribution in [0.3, 0.4) is 0 Å². The summed E-state index contributed by atoms with van der Waals surface area (Å²) < 4.78 is 26.4. The van der Waals surface area contributed by atoms with Crippen LogP contribution >= 0.6 is 0 Å². The van der Waals surface area contributed by atoms with Crippen LogP contribution in [0.1, 0.15) is 16.8 Å². The fourth-order valence-electron chi connectivity index (χ4n) is 3.11. The monoisotopic (exact) mass is 412 g/mol. The van der Waals surface area contributed by atoms with E-state index in [1.807, 2.05) is 0 Å². The molecule has 0 saturated carbocycles. The molecule has 1 aliphatic heterocycles. The second kappa shape index (κ2) is 7.82. The third-order valence-corrected chi connectivity index (χ3v) is 4.50. The molecule has 1 aromatic heterocycles. The molecule has 0 bridgehead atoms. The maximum Gasteiger partial charge on any atom is 0.306 e. The van der Waals surface area contributed by atoms with Crippen LogP contribution in [-0.2, 0) is 7.05 Å². The largest absolute Gasteiger partial charge is 0.490 e. The highest BCUT2D eigenvalue weighted by Gasteiger charge is 2.21. The van der Waals surface area contributed by atoms with E-state index in [1.54, 1.807) is 25.2 Å². The van der Waals surface area contributed by atoms with Crippen molar-refractivity contribution in [3.63, 3.8) is 0 Å². The van der Waals surface area contributed by atoms with Gasteiger partial charge in [-0.2, -0.15) is 9.49 Å². The van der Waals surface area contributed by atoms with Crippen molar-refractivity contribution in [3.05, 3.63) is 64.1 Å². The van der Waals surface area contributed by atoms with Gasteiger partial charge < -0.3 is 14.8 Å². The van der Waals surface area contributed by atoms with Crippen LogP contribution in [0.4, 0.5) is 15.8 Å². The van der Waals surface area contributed by atoms with Crippen molar-refractivity contribution in [1.29, 1.82) is 0 Å². The molecule has 1 N–H and O–H groups in total. The van der Waals surface area contributed by atoms with Crippen molar-refractivity contribution in [2.24, 2.45) is 7.05 Å². The van der Waals surface area contributed by atoms with Crippen molar-refractivity contribution >= 4 is 17.3 Å². The van der Waals surface area contributed by atoms with Gasteiger partial charge in [0, 0.05) is 37.0 Å². The van der Waals surface area contributed by atoms with Crippen LogP contribution in [0, 0.1) is 15.9 Å². The van der Waals surface area contributed by atoms with E-state index >= 15 is 0 Å². The van der Waals surface area contributed by atoms with Gasteiger partial charge in [-0.3, -0.25) is 19.6 Å². The molecule has 0 aliphatic carbocycles. The van der Waals surface area contributed by atoms with Crippen molar-refractivity contribution in [3.8, 4) is 22.8 Å². The van der Waals surface area contributed by atoms with E-state index in [0.29, 0.717) is 36.0 Å². The highest BCUT2D eigenvalue weighted by Crippen LogP contribution is 2.35. The van der Waals surface area contributed by atoms with E-state index in [9.17, 15) is 19.3 Å². The number of halogens is 1. The van der Waals surface area contributed by atoms with Gasteiger partial charge in [0.1, 0.15) is 5.69 Å². The summed E-state index contributed by atoms with van der Waals surface area (Å²) in [7, 11) is 1.67. The van der Waals surface area contributed by atoms with Gasteiger partial charge in [0.2, 0.25) is 5.82 Å². The Morgan fingerprint density at radius 3 is 2.73 bits per heavy atom. The Kier molecular flexibility index (Phi) is 5.05. The number of nitro benzene ring substituents is 1. The number of ether oxygens (including phenoxy) is 2. The summed E-state index contributed by atoms with van der Waals surface area (Å²) in [6, 6.07) is 8.44. The Labute approximate surface area is 170 Å². The molecule has 0 saturated heterocycles. The first-order valence-corrected chi connectivity index (χ1v) is 9.11. The van der Waals surface area contributed by atoms with E-state index in [2.05, 4.69) is 10.4 Å². The summed E-state index contributed by atoms with van der Waals surface area (Å²) >= 11 is 0. The number of nitrogens with one attached hydrogen (secondary N) is 1. The average Bonchev–Trinajstić information content (AvgIpc) is 2.96. The summed E-state index contributed by atoms with van der Waals surface area (Å²) in [4.78, 5) is 22.9. The fraction of sp³-hybridized carbons (Fsp3) is 0.200. The normalized spacial score (nSPS) is 12.9. The number of aryl methyl sites for hydroxylation is 1. The van der Waals surface area contributed by atoms with E-state index in [0.717, 1.165) is 18.6 Å². The first-order valence-electron chi connectivity index (χ1n) is 9.11. The number of rotatable bonds is 4. The molecule has 0 atom stereocenters. The molecule has 1 aliphatic rings. The van der Waals surface area contributed by atoms with E-state index < -0.39 is 22.3 Å². The van der Waals surface area contributed by atoms with Crippen molar-refractivity contribution in [1.82, 2.24) is 9.78 Å². The Morgan fingerprint density at radius 2 is 1.97 bits per heavy atom. The zero-order valence-corrected chi connectivity index (χ0v) is 15.9. The van der Waals surface area contributed by atoms with E-state index in [1.165, 1.54) is 16.9 Å². The van der Waals surface area contributed by atoms with Gasteiger partial charge in [-0.25, -0.2) is 0 Å². The summed E-state index contributed by atoms with van der Waals surface area (Å²) in [5, 5.41) is 17.9. The lowest BCUT2D eigenvalue weighted by Crippen LogP contribution is -2.12. The Morgan fingerprint density at radius 1 is 1.20 bits per heavy atom. The second-order valence-corrected chi connectivity index (χ2v) is 6.65. The zero-order valence-electron chi connectivity index (χ0n) is 15.9.